The normalized spacial score (nSPS) is 10.5. The van der Waals surface area contributed by atoms with Gasteiger partial charge < -0.3 is 61.6 Å². The number of benzene rings is 5. The summed E-state index contributed by atoms with van der Waals surface area (Å²) in [6.07, 6.45) is 3.52. The fourth-order valence-electron chi connectivity index (χ4n) is 11.8. The number of aryl methyl sites for hydroxylation is 3. The van der Waals surface area contributed by atoms with Crippen molar-refractivity contribution in [3.8, 4) is 67.4 Å². The fraction of sp³-hybridized carbons (Fsp3) is 0.0556. The number of aromatic carboxylic acids is 5. The van der Waals surface area contributed by atoms with Crippen LogP contribution in [0.3, 0.4) is 0 Å². The van der Waals surface area contributed by atoms with E-state index in [1.54, 1.807) is 136 Å². The number of ether oxygens (including phenoxy) is 2. The Bertz CT molecular complexity index is 6500. The number of anilines is 5. The van der Waals surface area contributed by atoms with E-state index in [0.29, 0.717) is 76.9 Å². The third-order valence-electron chi connectivity index (χ3n) is 17.8. The van der Waals surface area contributed by atoms with E-state index in [0.717, 1.165) is 86.0 Å². The van der Waals surface area contributed by atoms with E-state index in [2.05, 4.69) is 110 Å². The van der Waals surface area contributed by atoms with Gasteiger partial charge in [-0.25, -0.2) is 43.5 Å². The highest BCUT2D eigenvalue weighted by Gasteiger charge is 2.29. The molecule has 0 radical (unpaired) electrons. The van der Waals surface area contributed by atoms with Crippen LogP contribution < -0.4 is 40.6 Å². The van der Waals surface area contributed by atoms with Crippen LogP contribution >= 0.6 is 132 Å². The minimum atomic E-state index is -1.17. The van der Waals surface area contributed by atoms with Crippen LogP contribution in [0.5, 0.6) is 11.8 Å². The van der Waals surface area contributed by atoms with Gasteiger partial charge in [0, 0.05) is 119 Å². The number of nitrogens with zero attached hydrogens (tertiary/aromatic N) is 5. The highest BCUT2D eigenvalue weighted by molar-refractivity contribution is 9.11. The summed E-state index contributed by atoms with van der Waals surface area (Å²) in [5.74, 6) is -8.15. The average molecular weight is 2090 g/mol. The number of hydrogen-bond donors (Lipinski definition) is 10. The number of carbonyl (C=O) groups is 10. The maximum Gasteiger partial charge on any atom is 0.339 e. The smallest absolute Gasteiger partial charge is 0.339 e. The molecule has 0 aliphatic carbocycles. The molecule has 0 fully saturated rings. The van der Waals surface area contributed by atoms with Crippen molar-refractivity contribution in [3.05, 3.63) is 336 Å². The molecule has 0 saturated carbocycles. The van der Waals surface area contributed by atoms with Crippen molar-refractivity contribution in [2.45, 2.75) is 13.8 Å². The van der Waals surface area contributed by atoms with E-state index in [9.17, 15) is 77.9 Å². The monoisotopic (exact) mass is 2090 g/mol. The van der Waals surface area contributed by atoms with Crippen LogP contribution in [-0.4, -0.2) is 119 Å². The number of thiophene rings is 5. The molecule has 128 heavy (non-hydrogen) atoms. The van der Waals surface area contributed by atoms with Crippen molar-refractivity contribution in [1.29, 1.82) is 0 Å². The number of pyridine rings is 5. The van der Waals surface area contributed by atoms with E-state index in [4.69, 9.17) is 21.1 Å². The zero-order chi connectivity index (χ0) is 92.2. The molecule has 0 aliphatic rings. The number of aromatic nitrogens is 5. The maximum atomic E-state index is 13.1. The molecule has 5 amide bonds. The van der Waals surface area contributed by atoms with Crippen molar-refractivity contribution >= 4 is 216 Å². The molecule has 15 aromatic rings. The first-order valence-corrected chi connectivity index (χ1v) is 44.8. The van der Waals surface area contributed by atoms with Crippen LogP contribution in [0.2, 0.25) is 5.02 Å². The number of carboxylic acid groups (broad SMARTS) is 5. The molecular formula is C90H65Br4ClFN10O17S5+. The summed E-state index contributed by atoms with van der Waals surface area (Å²) in [5.41, 5.74) is 9.18. The van der Waals surface area contributed by atoms with Gasteiger partial charge in [0.15, 0.2) is 12.4 Å². The highest BCUT2D eigenvalue weighted by atomic mass is 79.9. The summed E-state index contributed by atoms with van der Waals surface area (Å²) in [5, 5.41) is 71.6. The largest absolute Gasteiger partial charge is 0.481 e. The van der Waals surface area contributed by atoms with Crippen LogP contribution in [-0.2, 0) is 7.05 Å². The Hall–Kier alpha value is -13.2. The molecule has 0 aliphatic heterocycles. The van der Waals surface area contributed by atoms with E-state index in [1.807, 2.05) is 98.3 Å². The quantitative estimate of drug-likeness (QED) is 0.0222. The molecule has 0 spiro atoms. The summed E-state index contributed by atoms with van der Waals surface area (Å²) >= 11 is 25.1. The molecule has 10 aromatic heterocycles. The number of nitrogens with one attached hydrogen (secondary N) is 5. The van der Waals surface area contributed by atoms with Crippen molar-refractivity contribution < 1.29 is 91.9 Å². The summed E-state index contributed by atoms with van der Waals surface area (Å²) in [6.45, 7) is 3.62. The summed E-state index contributed by atoms with van der Waals surface area (Å²) in [7, 11) is 4.76. The van der Waals surface area contributed by atoms with E-state index in [-0.39, 0.29) is 71.7 Å². The lowest BCUT2D eigenvalue weighted by Crippen LogP contribution is -2.27. The van der Waals surface area contributed by atoms with Crippen molar-refractivity contribution in [2.24, 2.45) is 7.05 Å². The van der Waals surface area contributed by atoms with Gasteiger partial charge >= 0.3 is 29.8 Å². The van der Waals surface area contributed by atoms with Gasteiger partial charge in [0.05, 0.1) is 19.8 Å². The van der Waals surface area contributed by atoms with Gasteiger partial charge in [0.1, 0.15) is 77.0 Å². The van der Waals surface area contributed by atoms with Crippen molar-refractivity contribution in [3.63, 3.8) is 0 Å². The Morgan fingerprint density at radius 2 is 0.609 bits per heavy atom. The molecule has 27 nitrogen and oxygen atoms in total. The van der Waals surface area contributed by atoms with Gasteiger partial charge in [0.2, 0.25) is 17.7 Å². The van der Waals surface area contributed by atoms with Gasteiger partial charge in [-0.1, -0.05) is 154 Å². The predicted octanol–water partition coefficient (Wildman–Crippen LogP) is 22.7. The number of hydrogen-bond acceptors (Lipinski definition) is 21. The van der Waals surface area contributed by atoms with Gasteiger partial charge in [-0.3, -0.25) is 29.0 Å². The Morgan fingerprint density at radius 1 is 0.352 bits per heavy atom. The first-order valence-electron chi connectivity index (χ1n) is 36.9. The third-order valence-corrected chi connectivity index (χ3v) is 24.6. The molecule has 0 atom stereocenters. The molecule has 15 rings (SSSR count). The topological polar surface area (TPSA) is 406 Å². The van der Waals surface area contributed by atoms with E-state index in [1.165, 1.54) is 61.2 Å². The summed E-state index contributed by atoms with van der Waals surface area (Å²) < 4.78 is 28.5. The second-order valence-electron chi connectivity index (χ2n) is 26.5. The number of rotatable bonds is 22. The first kappa shape index (κ1) is 95.4. The van der Waals surface area contributed by atoms with Crippen LogP contribution in [0.15, 0.2) is 257 Å². The lowest BCUT2D eigenvalue weighted by molar-refractivity contribution is -0.671. The Kier molecular flexibility index (Phi) is 33.0. The Morgan fingerprint density at radius 3 is 0.883 bits per heavy atom. The number of carbonyl (C=O) groups excluding carboxylic acids is 5. The first-order chi connectivity index (χ1) is 61.2. The lowest BCUT2D eigenvalue weighted by Gasteiger charge is -2.07. The van der Waals surface area contributed by atoms with Gasteiger partial charge in [-0.15, -0.1) is 56.7 Å². The maximum absolute atomic E-state index is 13.1. The minimum Gasteiger partial charge on any atom is -0.481 e. The van der Waals surface area contributed by atoms with E-state index >= 15 is 0 Å². The third kappa shape index (κ3) is 24.9. The molecule has 0 bridgehead atoms. The molecule has 38 heteroatoms. The molecular weight excluding hydrogens is 2030 g/mol. The number of carboxylic acids is 5. The second kappa shape index (κ2) is 44.3. The predicted molar refractivity (Wildman–Crippen MR) is 506 cm³/mol. The van der Waals surface area contributed by atoms with Crippen LogP contribution in [0.1, 0.15) is 115 Å². The zero-order valence-electron chi connectivity index (χ0n) is 66.8. The van der Waals surface area contributed by atoms with Crippen LogP contribution in [0.4, 0.5) is 29.4 Å². The van der Waals surface area contributed by atoms with Crippen LogP contribution in [0.25, 0.3) is 55.6 Å². The Labute approximate surface area is 786 Å². The molecule has 648 valence electrons. The summed E-state index contributed by atoms with van der Waals surface area (Å²) in [6, 6.07) is 56.1. The standard InChI is InChI=1S/C19H15BrN2O3S.C18H13BrN2O4S.C18H13BrN2O3S.C18H13ClN2O4S.C17H10BrFN2O3S/c1-10-7-13(8-11(2)21-10)17(23)22-18-16(19(24)25)15(9-26-18)12-3-5-14(20)6-4-12;1-25-14-4-2-3-13(20-14)16(22)21-17-15(18(23)24)12(9-26-17)10-5-7-11(19)8-6-10;1-21-8-6-12(7-9-21)16(22)20-17-15(18(23)24)14(10-25-17)11-2-4-13(19)5-3-11;1-25-14-4-2-3-13(20-14)16(22)21-17-15(18(23)24)12(9-26-17)10-5-7-11(19)8-6-10;18-10-6-4-9(5-7-10)11-8-25-16(14(11)17(23)24)21-15(22)12-2-1-3-13(19)20-12/h3-9H,1-2H3,(H,22,23)(H,24,25);2-9H,1H3,(H,21,22)(H,23,24);2-10H,1H3,(H-,20,22,23,24);2-9H,1H3,(H,21,22)(H,23,24);1-8H,(H,21,22)(H,23,24)/p+1. The number of methoxy groups -OCH3 is 2. The highest BCUT2D eigenvalue weighted by Crippen LogP contribution is 2.42. The molecule has 0 saturated heterocycles. The minimum absolute atomic E-state index is 0.0166. The van der Waals surface area contributed by atoms with Crippen molar-refractivity contribution in [1.82, 2.24) is 19.9 Å². The van der Waals surface area contributed by atoms with E-state index < -0.39 is 53.5 Å². The lowest BCUT2D eigenvalue weighted by atomic mass is 10.0. The fourth-order valence-corrected chi connectivity index (χ4v) is 17.8. The number of halogens is 6. The molecule has 0 unspecified atom stereocenters. The zero-order valence-corrected chi connectivity index (χ0v) is 78.0. The number of amides is 5. The second-order valence-corrected chi connectivity index (χ2v) is 35.0. The van der Waals surface area contributed by atoms with Crippen LogP contribution in [0, 0.1) is 19.8 Å². The average Bonchev–Trinajstić information content (AvgIpc) is 1.64. The molecule has 5 aromatic carbocycles. The SMILES string of the molecule is COc1cccc(C(=O)Nc2scc(-c3ccc(Br)cc3)c2C(=O)O)n1.COc1cccc(C(=O)Nc2scc(-c3ccc(Cl)cc3)c2C(=O)O)n1.C[n+]1ccc(C(=O)Nc2scc(-c3ccc(Br)cc3)c2C(=O)O)cc1.Cc1cc(C(=O)Nc2scc(-c3ccc(Br)cc3)c2C(=O)O)cc(C)n1.O=C(Nc1scc(-c2ccc(Br)cc2)c1C(=O)O)c1cccc(F)n1. The van der Waals surface area contributed by atoms with Gasteiger partial charge in [0.25, 0.3) is 29.5 Å². The Balaban J connectivity index is 0.000000155. The van der Waals surface area contributed by atoms with Gasteiger partial charge in [-0.05, 0) is 139 Å². The summed E-state index contributed by atoms with van der Waals surface area (Å²) in [4.78, 5) is 137. The molecule has 10 heterocycles. The van der Waals surface area contributed by atoms with Crippen molar-refractivity contribution in [2.75, 3.05) is 40.8 Å². The van der Waals surface area contributed by atoms with Gasteiger partial charge in [-0.2, -0.15) is 4.39 Å². The molecule has 10 N–H and O–H groups in total.